The summed E-state index contributed by atoms with van der Waals surface area (Å²) in [5, 5.41) is 0. The standard InChI is InChI=1S/C24H20N2O4S/c27-31(28,26-15-11-20-12-16-29-24(20)17-26)23-7-5-22(6-8-23)30-21-3-1-18(2-4-21)19-9-13-25-14-10-19/h1-10,12-14,16H,11,15,17H2. The van der Waals surface area contributed by atoms with Gasteiger partial charge in [-0.2, -0.15) is 4.31 Å². The number of hydrogen-bond donors (Lipinski definition) is 0. The van der Waals surface area contributed by atoms with Crippen molar-refractivity contribution in [3.8, 4) is 22.6 Å². The molecule has 156 valence electrons. The third-order valence-electron chi connectivity index (χ3n) is 5.35. The Labute approximate surface area is 180 Å². The molecule has 31 heavy (non-hydrogen) atoms. The van der Waals surface area contributed by atoms with Gasteiger partial charge in [-0.15, -0.1) is 0 Å². The SMILES string of the molecule is O=S(=O)(c1ccc(Oc2ccc(-c3ccncc3)cc2)cc1)N1CCc2ccoc2C1. The van der Waals surface area contributed by atoms with Crippen molar-refractivity contribution in [2.24, 2.45) is 0 Å². The minimum atomic E-state index is -3.60. The Morgan fingerprint density at radius 1 is 0.839 bits per heavy atom. The zero-order valence-electron chi connectivity index (χ0n) is 16.6. The molecule has 0 radical (unpaired) electrons. The lowest BCUT2D eigenvalue weighted by atomic mass is 10.1. The minimum Gasteiger partial charge on any atom is -0.468 e. The predicted octanol–water partition coefficient (Wildman–Crippen LogP) is 4.88. The monoisotopic (exact) mass is 432 g/mol. The van der Waals surface area contributed by atoms with E-state index in [0.29, 0.717) is 30.2 Å². The molecule has 0 N–H and O–H groups in total. The molecule has 2 aromatic carbocycles. The summed E-state index contributed by atoms with van der Waals surface area (Å²) in [4.78, 5) is 4.27. The molecule has 0 amide bonds. The fourth-order valence-electron chi connectivity index (χ4n) is 3.64. The lowest BCUT2D eigenvalue weighted by Crippen LogP contribution is -2.35. The van der Waals surface area contributed by atoms with Gasteiger partial charge in [-0.3, -0.25) is 4.98 Å². The normalized spacial score (nSPS) is 14.2. The lowest BCUT2D eigenvalue weighted by molar-refractivity contribution is 0.343. The zero-order valence-corrected chi connectivity index (χ0v) is 17.5. The second kappa shape index (κ2) is 8.02. The van der Waals surface area contributed by atoms with Gasteiger partial charge in [0.2, 0.25) is 10.0 Å². The van der Waals surface area contributed by atoms with E-state index in [1.165, 1.54) is 4.31 Å². The molecule has 0 atom stereocenters. The smallest absolute Gasteiger partial charge is 0.243 e. The fourth-order valence-corrected chi connectivity index (χ4v) is 5.04. The van der Waals surface area contributed by atoms with Crippen LogP contribution in [0, 0.1) is 0 Å². The first-order valence-corrected chi connectivity index (χ1v) is 11.4. The van der Waals surface area contributed by atoms with Crippen LogP contribution >= 0.6 is 0 Å². The molecule has 0 bridgehead atoms. The summed E-state index contributed by atoms with van der Waals surface area (Å²) in [6, 6.07) is 20.0. The van der Waals surface area contributed by atoms with Gasteiger partial charge in [0.1, 0.15) is 17.3 Å². The molecule has 0 unspecified atom stereocenters. The van der Waals surface area contributed by atoms with Gasteiger partial charge in [0.25, 0.3) is 0 Å². The largest absolute Gasteiger partial charge is 0.468 e. The zero-order chi connectivity index (χ0) is 21.3. The predicted molar refractivity (Wildman–Crippen MR) is 116 cm³/mol. The van der Waals surface area contributed by atoms with Crippen LogP contribution in [0.4, 0.5) is 0 Å². The lowest BCUT2D eigenvalue weighted by Gasteiger charge is -2.25. The van der Waals surface area contributed by atoms with Crippen molar-refractivity contribution in [1.29, 1.82) is 0 Å². The van der Waals surface area contributed by atoms with E-state index >= 15 is 0 Å². The Hall–Kier alpha value is -3.42. The highest BCUT2D eigenvalue weighted by Gasteiger charge is 2.29. The molecule has 5 rings (SSSR count). The number of sulfonamides is 1. The van der Waals surface area contributed by atoms with E-state index in [1.54, 1.807) is 42.9 Å². The van der Waals surface area contributed by atoms with E-state index in [2.05, 4.69) is 4.98 Å². The van der Waals surface area contributed by atoms with Crippen molar-refractivity contribution in [2.75, 3.05) is 6.54 Å². The number of furan rings is 1. The van der Waals surface area contributed by atoms with Gasteiger partial charge in [-0.25, -0.2) is 8.42 Å². The molecule has 7 heteroatoms. The number of benzene rings is 2. The molecule has 4 aromatic rings. The van der Waals surface area contributed by atoms with Crippen LogP contribution in [-0.2, 0) is 23.0 Å². The second-order valence-electron chi connectivity index (χ2n) is 7.29. The summed E-state index contributed by atoms with van der Waals surface area (Å²) in [7, 11) is -3.60. The molecule has 1 aliphatic heterocycles. The Kier molecular flexibility index (Phi) is 5.05. The van der Waals surface area contributed by atoms with Crippen LogP contribution in [0.3, 0.4) is 0 Å². The van der Waals surface area contributed by atoms with Gasteiger partial charge in [0.05, 0.1) is 17.7 Å². The maximum Gasteiger partial charge on any atom is 0.243 e. The van der Waals surface area contributed by atoms with Gasteiger partial charge in [-0.05, 0) is 77.7 Å². The van der Waals surface area contributed by atoms with Crippen LogP contribution in [0.5, 0.6) is 11.5 Å². The van der Waals surface area contributed by atoms with Gasteiger partial charge >= 0.3 is 0 Å². The molecular weight excluding hydrogens is 412 g/mol. The number of ether oxygens (including phenoxy) is 1. The molecule has 0 saturated carbocycles. The Morgan fingerprint density at radius 3 is 2.19 bits per heavy atom. The van der Waals surface area contributed by atoms with E-state index in [1.807, 2.05) is 42.5 Å². The topological polar surface area (TPSA) is 72.6 Å². The first-order valence-electron chi connectivity index (χ1n) is 9.93. The van der Waals surface area contributed by atoms with Crippen molar-refractivity contribution in [3.63, 3.8) is 0 Å². The van der Waals surface area contributed by atoms with Gasteiger partial charge in [0, 0.05) is 18.9 Å². The van der Waals surface area contributed by atoms with Gasteiger partial charge < -0.3 is 9.15 Å². The average Bonchev–Trinajstić information content (AvgIpc) is 3.29. The van der Waals surface area contributed by atoms with E-state index in [-0.39, 0.29) is 11.4 Å². The molecule has 1 aliphatic rings. The number of pyridine rings is 1. The maximum atomic E-state index is 13.0. The Morgan fingerprint density at radius 2 is 1.48 bits per heavy atom. The van der Waals surface area contributed by atoms with Crippen molar-refractivity contribution in [3.05, 3.63) is 96.7 Å². The van der Waals surface area contributed by atoms with Gasteiger partial charge in [-0.1, -0.05) is 12.1 Å². The van der Waals surface area contributed by atoms with Crippen LogP contribution in [0.15, 0.2) is 94.7 Å². The number of fused-ring (bicyclic) bond motifs is 1. The average molecular weight is 433 g/mol. The second-order valence-corrected chi connectivity index (χ2v) is 9.23. The summed E-state index contributed by atoms with van der Waals surface area (Å²) >= 11 is 0. The molecule has 0 aliphatic carbocycles. The Balaban J connectivity index is 1.29. The van der Waals surface area contributed by atoms with E-state index in [0.717, 1.165) is 16.7 Å². The molecule has 0 spiro atoms. The van der Waals surface area contributed by atoms with Crippen LogP contribution in [0.1, 0.15) is 11.3 Å². The number of aromatic nitrogens is 1. The maximum absolute atomic E-state index is 13.0. The molecular formula is C24H20N2O4S. The van der Waals surface area contributed by atoms with Gasteiger partial charge in [0.15, 0.2) is 0 Å². The first kappa shape index (κ1) is 19.5. The Bertz CT molecular complexity index is 1280. The highest BCUT2D eigenvalue weighted by molar-refractivity contribution is 7.89. The van der Waals surface area contributed by atoms with Crippen molar-refractivity contribution >= 4 is 10.0 Å². The molecule has 0 fully saturated rings. The first-order chi connectivity index (χ1) is 15.1. The third kappa shape index (κ3) is 3.97. The molecule has 0 saturated heterocycles. The van der Waals surface area contributed by atoms with Crippen molar-refractivity contribution < 1.29 is 17.6 Å². The number of hydrogen-bond acceptors (Lipinski definition) is 5. The summed E-state index contributed by atoms with van der Waals surface area (Å²) in [5.74, 6) is 1.96. The fraction of sp³-hybridized carbons (Fsp3) is 0.125. The van der Waals surface area contributed by atoms with E-state index in [4.69, 9.17) is 9.15 Å². The van der Waals surface area contributed by atoms with Crippen molar-refractivity contribution in [2.45, 2.75) is 17.9 Å². The molecule has 6 nitrogen and oxygen atoms in total. The number of rotatable bonds is 5. The van der Waals surface area contributed by atoms with Crippen LogP contribution < -0.4 is 4.74 Å². The minimum absolute atomic E-state index is 0.239. The third-order valence-corrected chi connectivity index (χ3v) is 7.21. The number of nitrogens with zero attached hydrogens (tertiary/aromatic N) is 2. The van der Waals surface area contributed by atoms with E-state index < -0.39 is 10.0 Å². The summed E-state index contributed by atoms with van der Waals surface area (Å²) in [6.45, 7) is 0.698. The van der Waals surface area contributed by atoms with Crippen LogP contribution in [-0.4, -0.2) is 24.3 Å². The molecule has 2 aromatic heterocycles. The highest BCUT2D eigenvalue weighted by Crippen LogP contribution is 2.29. The van der Waals surface area contributed by atoms with Crippen LogP contribution in [0.2, 0.25) is 0 Å². The summed E-state index contributed by atoms with van der Waals surface area (Å²) in [5.41, 5.74) is 3.22. The van der Waals surface area contributed by atoms with Crippen molar-refractivity contribution in [1.82, 2.24) is 9.29 Å². The summed E-state index contributed by atoms with van der Waals surface area (Å²) in [6.07, 6.45) is 5.78. The van der Waals surface area contributed by atoms with Crippen LogP contribution in [0.25, 0.3) is 11.1 Å². The van der Waals surface area contributed by atoms with E-state index in [9.17, 15) is 8.42 Å². The highest BCUT2D eigenvalue weighted by atomic mass is 32.2. The molecule has 3 heterocycles. The summed E-state index contributed by atoms with van der Waals surface area (Å²) < 4.78 is 38.7. The quantitative estimate of drug-likeness (QED) is 0.449.